The second-order valence-electron chi connectivity index (χ2n) is 6.18. The molecule has 3 aromatic rings. The SMILES string of the molecule is [2H]N(c1onc(C)c1Cl)S(=O)(=O)c1ccsc1C(=O)Cc1cc2c(cc1C)OC([2H])([2H])O2. The fourth-order valence-electron chi connectivity index (χ4n) is 2.68. The molecule has 4 rings (SSSR count). The lowest BCUT2D eigenvalue weighted by atomic mass is 10.0. The van der Waals surface area contributed by atoms with Crippen molar-refractivity contribution in [3.05, 3.63) is 50.3 Å². The predicted octanol–water partition coefficient (Wildman–Crippen LogP) is 3.96. The first kappa shape index (κ1) is 16.3. The summed E-state index contributed by atoms with van der Waals surface area (Å²) in [6.07, 6.45) is -0.172. The Morgan fingerprint density at radius 1 is 1.38 bits per heavy atom. The number of anilines is 1. The summed E-state index contributed by atoms with van der Waals surface area (Å²) in [5.74, 6) is -0.617. The lowest BCUT2D eigenvalue weighted by molar-refractivity contribution is 0.0994. The van der Waals surface area contributed by atoms with E-state index in [9.17, 15) is 13.2 Å². The van der Waals surface area contributed by atoms with Gasteiger partial charge < -0.3 is 14.0 Å². The summed E-state index contributed by atoms with van der Waals surface area (Å²) in [5, 5.41) is 4.86. The van der Waals surface area contributed by atoms with Crippen molar-refractivity contribution in [3.63, 3.8) is 0 Å². The molecule has 8 nitrogen and oxygen atoms in total. The van der Waals surface area contributed by atoms with Gasteiger partial charge in [0.1, 0.15) is 18.4 Å². The zero-order valence-electron chi connectivity index (χ0n) is 18.1. The molecule has 0 saturated carbocycles. The highest BCUT2D eigenvalue weighted by Crippen LogP contribution is 2.36. The van der Waals surface area contributed by atoms with Crippen molar-refractivity contribution < 1.29 is 31.4 Å². The molecular weight excluding hydrogens is 440 g/mol. The molecule has 0 atom stereocenters. The number of rotatable bonds is 6. The summed E-state index contributed by atoms with van der Waals surface area (Å²) >= 11 is 6.89. The van der Waals surface area contributed by atoms with Crippen LogP contribution < -0.4 is 14.2 Å². The Kier molecular flexibility index (Phi) is 4.13. The van der Waals surface area contributed by atoms with Crippen LogP contribution in [0.2, 0.25) is 6.43 Å². The Morgan fingerprint density at radius 3 is 2.79 bits per heavy atom. The lowest BCUT2D eigenvalue weighted by Gasteiger charge is -2.09. The number of fused-ring (bicyclic) bond motifs is 1. The number of nitrogens with zero attached hydrogens (tertiary/aromatic N) is 1. The first-order valence-electron chi connectivity index (χ1n) is 9.63. The fourth-order valence-corrected chi connectivity index (χ4v) is 5.15. The molecule has 0 radical (unpaired) electrons. The molecule has 29 heavy (non-hydrogen) atoms. The second-order valence-corrected chi connectivity index (χ2v) is 9.05. The van der Waals surface area contributed by atoms with E-state index in [2.05, 4.69) is 5.16 Å². The highest BCUT2D eigenvalue weighted by atomic mass is 35.5. The lowest BCUT2D eigenvalue weighted by Crippen LogP contribution is -2.16. The van der Waals surface area contributed by atoms with E-state index < -0.39 is 28.4 Å². The van der Waals surface area contributed by atoms with E-state index in [1.54, 1.807) is 13.0 Å². The molecule has 0 fully saturated rings. The second kappa shape index (κ2) is 7.36. The van der Waals surface area contributed by atoms with Gasteiger partial charge in [0, 0.05) is 6.42 Å². The van der Waals surface area contributed by atoms with E-state index >= 15 is 0 Å². The molecule has 152 valence electrons. The number of carbonyl (C=O) groups excluding carboxylic acids is 1. The Bertz CT molecular complexity index is 1340. The van der Waals surface area contributed by atoms with Crippen LogP contribution in [-0.4, -0.2) is 26.1 Å². The van der Waals surface area contributed by atoms with Gasteiger partial charge in [0.2, 0.25) is 6.75 Å². The summed E-state index contributed by atoms with van der Waals surface area (Å²) in [6, 6.07) is 4.27. The molecule has 3 heterocycles. The minimum atomic E-state index is -4.48. The van der Waals surface area contributed by atoms with Gasteiger partial charge in [-0.3, -0.25) is 4.79 Å². The number of Topliss-reactive ketones (excluding diaryl/α,β-unsaturated/α-hetero) is 1. The molecule has 0 unspecified atom stereocenters. The zero-order valence-corrected chi connectivity index (χ0v) is 17.4. The van der Waals surface area contributed by atoms with Crippen molar-refractivity contribution >= 4 is 44.6 Å². The molecule has 1 aromatic carbocycles. The van der Waals surface area contributed by atoms with Crippen LogP contribution >= 0.6 is 22.9 Å². The first-order valence-corrected chi connectivity index (χ1v) is 10.9. The maximum atomic E-state index is 13.0. The molecule has 1 aliphatic heterocycles. The van der Waals surface area contributed by atoms with Gasteiger partial charge in [-0.05, 0) is 48.6 Å². The largest absolute Gasteiger partial charge is 0.454 e. The molecule has 2 aromatic heterocycles. The van der Waals surface area contributed by atoms with Gasteiger partial charge in [-0.25, -0.2) is 13.1 Å². The van der Waals surface area contributed by atoms with E-state index in [1.165, 1.54) is 24.4 Å². The molecule has 0 saturated heterocycles. The molecular formula is C18H15ClN2O6S2. The number of carbonyl (C=O) groups is 1. The van der Waals surface area contributed by atoms with Crippen LogP contribution in [0.3, 0.4) is 0 Å². The molecule has 11 heteroatoms. The number of ether oxygens (including phenoxy) is 2. The zero-order chi connectivity index (χ0) is 23.4. The number of halogens is 1. The van der Waals surface area contributed by atoms with E-state index in [4.69, 9.17) is 29.8 Å². The summed E-state index contributed by atoms with van der Waals surface area (Å²) in [5.41, 5.74) is 1.38. The number of benzene rings is 1. The summed E-state index contributed by atoms with van der Waals surface area (Å²) in [7, 11) is -4.48. The summed E-state index contributed by atoms with van der Waals surface area (Å²) in [4.78, 5) is 12.6. The number of hydrogen-bond donors (Lipinski definition) is 1. The Morgan fingerprint density at radius 2 is 2.10 bits per heavy atom. The smallest absolute Gasteiger partial charge is 0.265 e. The van der Waals surface area contributed by atoms with Gasteiger partial charge in [0.25, 0.3) is 15.9 Å². The third-order valence-electron chi connectivity index (χ3n) is 4.19. The van der Waals surface area contributed by atoms with Crippen LogP contribution in [0.1, 0.15) is 29.2 Å². The maximum absolute atomic E-state index is 13.0. The predicted molar refractivity (Wildman–Crippen MR) is 107 cm³/mol. The van der Waals surface area contributed by atoms with Crippen LogP contribution in [0.4, 0.5) is 5.88 Å². The van der Waals surface area contributed by atoms with Gasteiger partial charge in [-0.2, -0.15) is 0 Å². The highest BCUT2D eigenvalue weighted by molar-refractivity contribution is 7.93. The van der Waals surface area contributed by atoms with Gasteiger partial charge in [-0.1, -0.05) is 16.8 Å². The molecule has 1 aliphatic rings. The van der Waals surface area contributed by atoms with Crippen LogP contribution in [0, 0.1) is 13.8 Å². The number of thiophene rings is 1. The number of sulfonamides is 1. The van der Waals surface area contributed by atoms with Crippen molar-refractivity contribution in [1.82, 2.24) is 5.16 Å². The van der Waals surface area contributed by atoms with Crippen molar-refractivity contribution in [2.24, 2.45) is 0 Å². The minimum absolute atomic E-state index is 0.0676. The van der Waals surface area contributed by atoms with Crippen LogP contribution in [0.15, 0.2) is 33.0 Å². The molecule has 0 spiro atoms. The summed E-state index contributed by atoms with van der Waals surface area (Å²) < 4.78 is 64.2. The highest BCUT2D eigenvalue weighted by Gasteiger charge is 2.27. The number of aromatic nitrogens is 1. The normalized spacial score (nSPS) is 16.2. The van der Waals surface area contributed by atoms with Crippen molar-refractivity contribution in [2.45, 2.75) is 25.2 Å². The van der Waals surface area contributed by atoms with E-state index in [0.717, 1.165) is 11.3 Å². The van der Waals surface area contributed by atoms with Crippen molar-refractivity contribution in [2.75, 3.05) is 11.5 Å². The molecule has 0 aliphatic carbocycles. The maximum Gasteiger partial charge on any atom is 0.265 e. The van der Waals surface area contributed by atoms with Gasteiger partial charge in [0.15, 0.2) is 18.7 Å². The van der Waals surface area contributed by atoms with Crippen molar-refractivity contribution in [1.29, 1.82) is 0 Å². The number of hydrogen-bond acceptors (Lipinski definition) is 8. The van der Waals surface area contributed by atoms with E-state index in [-0.39, 0.29) is 43.1 Å². The number of aryl methyl sites for hydroxylation is 2. The third kappa shape index (κ3) is 3.70. The fraction of sp³-hybridized carbons (Fsp3) is 0.222. The van der Waals surface area contributed by atoms with Gasteiger partial charge in [0.05, 0.1) is 4.88 Å². The van der Waals surface area contributed by atoms with Crippen LogP contribution in [-0.2, 0) is 16.4 Å². The number of nitrogens with one attached hydrogen (secondary N) is 1. The first-order chi connectivity index (χ1) is 14.9. The van der Waals surface area contributed by atoms with Crippen LogP contribution in [0.25, 0.3) is 0 Å². The topological polar surface area (TPSA) is 108 Å². The Labute approximate surface area is 179 Å². The monoisotopic (exact) mass is 457 g/mol. The van der Waals surface area contributed by atoms with E-state index in [1.807, 2.05) is 0 Å². The van der Waals surface area contributed by atoms with E-state index in [0.29, 0.717) is 11.1 Å². The standard InChI is InChI=1S/C18H15ClN2O6S2/c1-9-5-13-14(26-8-25-13)7-11(9)6-12(22)17-15(3-4-28-17)29(23,24)21-18-16(19)10(2)20-27-18/h3-5,7,21H,6,8H2,1-2H3/i8D2/hD. The minimum Gasteiger partial charge on any atom is -0.454 e. The van der Waals surface area contributed by atoms with Gasteiger partial charge in [-0.15, -0.1) is 11.3 Å². The average molecular weight is 458 g/mol. The third-order valence-corrected chi connectivity index (χ3v) is 7.02. The average Bonchev–Trinajstić information content (AvgIpc) is 3.39. The molecule has 0 bridgehead atoms. The quantitative estimate of drug-likeness (QED) is 0.558. The number of ketones is 1. The van der Waals surface area contributed by atoms with Gasteiger partial charge >= 0.3 is 0 Å². The Balaban J connectivity index is 1.63. The van der Waals surface area contributed by atoms with Crippen molar-refractivity contribution in [3.8, 4) is 11.5 Å². The molecule has 0 amide bonds. The summed E-state index contributed by atoms with van der Waals surface area (Å²) in [6.45, 7) is 0.908. The Hall–Kier alpha value is -2.56. The van der Waals surface area contributed by atoms with Crippen LogP contribution in [0.5, 0.6) is 11.5 Å². The molecule has 1 N–H and O–H groups in total.